The SMILES string of the molecule is Fc1cccc(Cl)c1NC(c1ccc(Cl)cc1)C1CC1. The molecule has 1 atom stereocenters. The van der Waals surface area contributed by atoms with Crippen LogP contribution in [-0.4, -0.2) is 0 Å². The molecular formula is C16H14Cl2FN. The maximum absolute atomic E-state index is 13.9. The Morgan fingerprint density at radius 2 is 1.75 bits per heavy atom. The Morgan fingerprint density at radius 3 is 2.35 bits per heavy atom. The third-order valence-electron chi connectivity index (χ3n) is 3.59. The summed E-state index contributed by atoms with van der Waals surface area (Å²) in [5, 5.41) is 4.37. The lowest BCUT2D eigenvalue weighted by molar-refractivity contribution is 0.616. The van der Waals surface area contributed by atoms with Crippen LogP contribution in [0, 0.1) is 11.7 Å². The molecule has 0 spiro atoms. The lowest BCUT2D eigenvalue weighted by Crippen LogP contribution is -2.14. The van der Waals surface area contributed by atoms with Crippen molar-refractivity contribution in [3.05, 3.63) is 63.9 Å². The van der Waals surface area contributed by atoms with Crippen molar-refractivity contribution < 1.29 is 4.39 Å². The molecular weight excluding hydrogens is 296 g/mol. The molecule has 1 aliphatic rings. The minimum atomic E-state index is -0.322. The zero-order valence-corrected chi connectivity index (χ0v) is 12.3. The Kier molecular flexibility index (Phi) is 3.86. The minimum Gasteiger partial charge on any atom is -0.374 e. The van der Waals surface area contributed by atoms with Gasteiger partial charge in [0.15, 0.2) is 0 Å². The Bertz CT molecular complexity index is 588. The molecule has 4 heteroatoms. The average Bonchev–Trinajstić information content (AvgIpc) is 3.24. The van der Waals surface area contributed by atoms with E-state index in [2.05, 4.69) is 5.32 Å². The van der Waals surface area contributed by atoms with Crippen LogP contribution in [0.1, 0.15) is 24.4 Å². The van der Waals surface area contributed by atoms with Gasteiger partial charge in [-0.2, -0.15) is 0 Å². The number of hydrogen-bond donors (Lipinski definition) is 1. The highest BCUT2D eigenvalue weighted by atomic mass is 35.5. The van der Waals surface area contributed by atoms with E-state index in [0.717, 1.165) is 18.4 Å². The fourth-order valence-corrected chi connectivity index (χ4v) is 2.71. The molecule has 1 saturated carbocycles. The van der Waals surface area contributed by atoms with Crippen LogP contribution in [0.3, 0.4) is 0 Å². The van der Waals surface area contributed by atoms with E-state index >= 15 is 0 Å². The van der Waals surface area contributed by atoms with Crippen LogP contribution >= 0.6 is 23.2 Å². The Morgan fingerprint density at radius 1 is 1.05 bits per heavy atom. The van der Waals surface area contributed by atoms with Crippen LogP contribution in [0.4, 0.5) is 10.1 Å². The molecule has 0 saturated heterocycles. The first-order valence-corrected chi connectivity index (χ1v) is 7.37. The summed E-state index contributed by atoms with van der Waals surface area (Å²) in [6.07, 6.45) is 2.29. The predicted molar refractivity (Wildman–Crippen MR) is 81.9 cm³/mol. The van der Waals surface area contributed by atoms with E-state index in [4.69, 9.17) is 23.2 Å². The molecule has 20 heavy (non-hydrogen) atoms. The summed E-state index contributed by atoms with van der Waals surface area (Å²) in [4.78, 5) is 0. The van der Waals surface area contributed by atoms with Gasteiger partial charge in [0, 0.05) is 5.02 Å². The lowest BCUT2D eigenvalue weighted by atomic mass is 10.0. The first-order valence-electron chi connectivity index (χ1n) is 6.61. The fraction of sp³-hybridized carbons (Fsp3) is 0.250. The smallest absolute Gasteiger partial charge is 0.147 e. The molecule has 0 heterocycles. The van der Waals surface area contributed by atoms with Gasteiger partial charge in [0.05, 0.1) is 16.8 Å². The van der Waals surface area contributed by atoms with Crippen molar-refractivity contribution >= 4 is 28.9 Å². The van der Waals surface area contributed by atoms with Gasteiger partial charge in [-0.15, -0.1) is 0 Å². The summed E-state index contributed by atoms with van der Waals surface area (Å²) in [5.41, 5.74) is 1.48. The summed E-state index contributed by atoms with van der Waals surface area (Å²) in [7, 11) is 0. The summed E-state index contributed by atoms with van der Waals surface area (Å²) in [5.74, 6) is 0.198. The number of nitrogens with one attached hydrogen (secondary N) is 1. The van der Waals surface area contributed by atoms with E-state index < -0.39 is 0 Å². The van der Waals surface area contributed by atoms with Gasteiger partial charge >= 0.3 is 0 Å². The van der Waals surface area contributed by atoms with E-state index in [9.17, 15) is 4.39 Å². The molecule has 1 N–H and O–H groups in total. The highest BCUT2D eigenvalue weighted by molar-refractivity contribution is 6.33. The normalized spacial score (nSPS) is 15.9. The third-order valence-corrected chi connectivity index (χ3v) is 4.15. The van der Waals surface area contributed by atoms with Crippen molar-refractivity contribution in [2.24, 2.45) is 5.92 Å². The Hall–Kier alpha value is -1.25. The van der Waals surface area contributed by atoms with Crippen LogP contribution in [0.5, 0.6) is 0 Å². The summed E-state index contributed by atoms with van der Waals surface area (Å²) < 4.78 is 13.9. The molecule has 0 radical (unpaired) electrons. The van der Waals surface area contributed by atoms with Gasteiger partial charge < -0.3 is 5.32 Å². The third kappa shape index (κ3) is 2.92. The minimum absolute atomic E-state index is 0.0710. The van der Waals surface area contributed by atoms with Gasteiger partial charge in [-0.25, -0.2) is 4.39 Å². The summed E-state index contributed by atoms with van der Waals surface area (Å²) in [6.45, 7) is 0. The van der Waals surface area contributed by atoms with E-state index in [0.29, 0.717) is 21.7 Å². The van der Waals surface area contributed by atoms with Gasteiger partial charge in [0.1, 0.15) is 5.82 Å². The van der Waals surface area contributed by atoms with Crippen molar-refractivity contribution in [2.75, 3.05) is 5.32 Å². The highest BCUT2D eigenvalue weighted by Gasteiger charge is 2.33. The van der Waals surface area contributed by atoms with Crippen LogP contribution in [0.2, 0.25) is 10.0 Å². The lowest BCUT2D eigenvalue weighted by Gasteiger charge is -2.21. The van der Waals surface area contributed by atoms with Crippen LogP contribution in [0.15, 0.2) is 42.5 Å². The van der Waals surface area contributed by atoms with Gasteiger partial charge in [-0.3, -0.25) is 0 Å². The molecule has 2 aromatic rings. The Labute approximate surface area is 127 Å². The number of anilines is 1. The standard InChI is InChI=1S/C16H14Cl2FN/c17-12-8-6-11(7-9-12)15(10-4-5-10)20-16-13(18)2-1-3-14(16)19/h1-3,6-10,15,20H,4-5H2. The summed E-state index contributed by atoms with van der Waals surface area (Å²) >= 11 is 12.0. The molecule has 1 unspecified atom stereocenters. The topological polar surface area (TPSA) is 12.0 Å². The van der Waals surface area contributed by atoms with E-state index in [-0.39, 0.29) is 11.9 Å². The molecule has 1 aliphatic carbocycles. The van der Waals surface area contributed by atoms with E-state index in [1.165, 1.54) is 6.07 Å². The van der Waals surface area contributed by atoms with Gasteiger partial charge in [-0.05, 0) is 48.6 Å². The van der Waals surface area contributed by atoms with Crippen LogP contribution in [-0.2, 0) is 0 Å². The van der Waals surface area contributed by atoms with Crippen molar-refractivity contribution in [3.8, 4) is 0 Å². The molecule has 0 amide bonds. The van der Waals surface area contributed by atoms with Crippen LogP contribution in [0.25, 0.3) is 0 Å². The monoisotopic (exact) mass is 309 g/mol. The number of benzene rings is 2. The predicted octanol–water partition coefficient (Wildman–Crippen LogP) is 5.70. The maximum Gasteiger partial charge on any atom is 0.147 e. The second-order valence-corrected chi connectivity index (χ2v) is 5.95. The van der Waals surface area contributed by atoms with E-state index in [1.807, 2.05) is 24.3 Å². The number of rotatable bonds is 4. The van der Waals surface area contributed by atoms with Gasteiger partial charge in [-0.1, -0.05) is 41.4 Å². The second-order valence-electron chi connectivity index (χ2n) is 5.11. The first-order chi connectivity index (χ1) is 9.65. The second kappa shape index (κ2) is 5.63. The fourth-order valence-electron chi connectivity index (χ4n) is 2.36. The van der Waals surface area contributed by atoms with Crippen LogP contribution < -0.4 is 5.32 Å². The number of halogens is 3. The number of hydrogen-bond acceptors (Lipinski definition) is 1. The van der Waals surface area contributed by atoms with Crippen molar-refractivity contribution in [2.45, 2.75) is 18.9 Å². The molecule has 3 rings (SSSR count). The van der Waals surface area contributed by atoms with Crippen molar-refractivity contribution in [1.29, 1.82) is 0 Å². The largest absolute Gasteiger partial charge is 0.374 e. The highest BCUT2D eigenvalue weighted by Crippen LogP contribution is 2.44. The molecule has 0 aliphatic heterocycles. The number of para-hydroxylation sites is 1. The average molecular weight is 310 g/mol. The zero-order chi connectivity index (χ0) is 14.1. The van der Waals surface area contributed by atoms with E-state index in [1.54, 1.807) is 12.1 Å². The Balaban J connectivity index is 1.90. The van der Waals surface area contributed by atoms with Crippen molar-refractivity contribution in [3.63, 3.8) is 0 Å². The first kappa shape index (κ1) is 13.7. The molecule has 0 bridgehead atoms. The van der Waals surface area contributed by atoms with Gasteiger partial charge in [0.2, 0.25) is 0 Å². The quantitative estimate of drug-likeness (QED) is 0.764. The molecule has 2 aromatic carbocycles. The molecule has 1 nitrogen and oxygen atoms in total. The molecule has 0 aromatic heterocycles. The maximum atomic E-state index is 13.9. The molecule has 1 fully saturated rings. The zero-order valence-electron chi connectivity index (χ0n) is 10.7. The summed E-state index contributed by atoms with van der Waals surface area (Å²) in [6, 6.07) is 12.5. The van der Waals surface area contributed by atoms with Crippen molar-refractivity contribution in [1.82, 2.24) is 0 Å². The molecule has 104 valence electrons. The van der Waals surface area contributed by atoms with Gasteiger partial charge in [0.25, 0.3) is 0 Å².